The van der Waals surface area contributed by atoms with Crippen molar-refractivity contribution in [1.82, 2.24) is 20.4 Å². The van der Waals surface area contributed by atoms with Crippen LogP contribution < -0.4 is 4.74 Å². The smallest absolute Gasteiger partial charge is 0.268 e. The Morgan fingerprint density at radius 2 is 1.45 bits per heavy atom. The molecular formula is C23H20N4O2. The Labute approximate surface area is 168 Å². The van der Waals surface area contributed by atoms with Crippen molar-refractivity contribution in [3.8, 4) is 23.2 Å². The topological polar surface area (TPSA) is 73.9 Å². The summed E-state index contributed by atoms with van der Waals surface area (Å²) in [6, 6.07) is 20.6. The van der Waals surface area contributed by atoms with Gasteiger partial charge in [-0.25, -0.2) is 0 Å². The Morgan fingerprint density at radius 1 is 0.759 bits per heavy atom. The Balaban J connectivity index is 1.31. The van der Waals surface area contributed by atoms with Crippen molar-refractivity contribution >= 4 is 0 Å². The second-order valence-corrected chi connectivity index (χ2v) is 7.46. The largest absolute Gasteiger partial charge is 0.438 e. The van der Waals surface area contributed by atoms with Crippen molar-refractivity contribution in [2.45, 2.75) is 32.1 Å². The van der Waals surface area contributed by atoms with E-state index in [1.165, 1.54) is 29.5 Å². The number of aromatic nitrogens is 4. The van der Waals surface area contributed by atoms with Crippen molar-refractivity contribution in [3.63, 3.8) is 0 Å². The van der Waals surface area contributed by atoms with Crippen molar-refractivity contribution < 1.29 is 9.15 Å². The molecule has 1 aliphatic rings. The first-order valence-electron chi connectivity index (χ1n) is 9.62. The zero-order valence-electron chi connectivity index (χ0n) is 16.3. The van der Waals surface area contributed by atoms with Crippen molar-refractivity contribution in [2.75, 3.05) is 0 Å². The van der Waals surface area contributed by atoms with Crippen molar-refractivity contribution in [1.29, 1.82) is 0 Å². The molecule has 1 saturated carbocycles. The van der Waals surface area contributed by atoms with E-state index in [9.17, 15) is 0 Å². The number of nitrogens with zero attached hydrogens (tertiary/aromatic N) is 4. The predicted molar refractivity (Wildman–Crippen MR) is 108 cm³/mol. The molecule has 0 amide bonds. The van der Waals surface area contributed by atoms with Crippen molar-refractivity contribution in [3.05, 3.63) is 83.2 Å². The summed E-state index contributed by atoms with van der Waals surface area (Å²) in [6.45, 7) is 3.85. The maximum atomic E-state index is 5.84. The zero-order chi connectivity index (χ0) is 19.8. The van der Waals surface area contributed by atoms with Gasteiger partial charge in [-0.05, 0) is 49.1 Å². The van der Waals surface area contributed by atoms with E-state index in [4.69, 9.17) is 9.15 Å². The molecule has 0 unspecified atom stereocenters. The number of aryl methyl sites for hydroxylation is 2. The van der Waals surface area contributed by atoms with Crippen LogP contribution in [0.15, 0.2) is 65.1 Å². The molecule has 6 heteroatoms. The average Bonchev–Trinajstić information content (AvgIpc) is 3.44. The van der Waals surface area contributed by atoms with Crippen LogP contribution >= 0.6 is 0 Å². The molecule has 29 heavy (non-hydrogen) atoms. The first-order chi connectivity index (χ1) is 14.1. The van der Waals surface area contributed by atoms with Gasteiger partial charge in [0.2, 0.25) is 11.8 Å². The van der Waals surface area contributed by atoms with Crippen LogP contribution in [0.2, 0.25) is 0 Å². The molecule has 0 N–H and O–H groups in total. The van der Waals surface area contributed by atoms with Crippen LogP contribution in [0.25, 0.3) is 11.6 Å². The standard InChI is InChI=1S/C23H20N4O2/c1-15-3-5-17(6-4-15)23(13-14-23)18-7-9-19(10-8-18)29-21-12-11-20(25-26-21)22-27-24-16(2)28-22/h3-12H,13-14H2,1-2H3. The van der Waals surface area contributed by atoms with E-state index >= 15 is 0 Å². The second-order valence-electron chi connectivity index (χ2n) is 7.46. The molecule has 4 aromatic rings. The Bertz CT molecular complexity index is 1130. The van der Waals surface area contributed by atoms with Crippen LogP contribution in [0.1, 0.15) is 35.4 Å². The molecule has 5 rings (SSSR count). The first-order valence-corrected chi connectivity index (χ1v) is 9.62. The van der Waals surface area contributed by atoms with Gasteiger partial charge in [0.1, 0.15) is 5.75 Å². The van der Waals surface area contributed by atoms with Crippen molar-refractivity contribution in [2.24, 2.45) is 0 Å². The van der Waals surface area contributed by atoms with Gasteiger partial charge in [0.25, 0.3) is 5.89 Å². The van der Waals surface area contributed by atoms with Gasteiger partial charge in [-0.15, -0.1) is 20.4 Å². The van der Waals surface area contributed by atoms with Crippen LogP contribution in [-0.4, -0.2) is 20.4 Å². The quantitative estimate of drug-likeness (QED) is 0.481. The van der Waals surface area contributed by atoms with Gasteiger partial charge in [0.05, 0.1) is 0 Å². The fraction of sp³-hybridized carbons (Fsp3) is 0.217. The SMILES string of the molecule is Cc1ccc(C2(c3ccc(Oc4ccc(-c5nnc(C)o5)nn4)cc3)CC2)cc1. The van der Waals surface area contributed by atoms with Gasteiger partial charge in [-0.1, -0.05) is 42.0 Å². The molecular weight excluding hydrogens is 364 g/mol. The Morgan fingerprint density at radius 3 is 2.00 bits per heavy atom. The maximum Gasteiger partial charge on any atom is 0.268 e. The highest BCUT2D eigenvalue weighted by Crippen LogP contribution is 2.53. The predicted octanol–water partition coefficient (Wildman–Crippen LogP) is 5.02. The van der Waals surface area contributed by atoms with Gasteiger partial charge in [-0.3, -0.25) is 0 Å². The highest BCUT2D eigenvalue weighted by Gasteiger charge is 2.45. The maximum absolute atomic E-state index is 5.84. The van der Waals surface area contributed by atoms with E-state index in [1.54, 1.807) is 19.1 Å². The molecule has 0 saturated heterocycles. The molecule has 2 aromatic carbocycles. The molecule has 144 valence electrons. The highest BCUT2D eigenvalue weighted by atomic mass is 16.5. The van der Waals surface area contributed by atoms with Gasteiger partial charge in [0.15, 0.2) is 5.69 Å². The van der Waals surface area contributed by atoms with E-state index < -0.39 is 0 Å². The average molecular weight is 384 g/mol. The van der Waals surface area contributed by atoms with Gasteiger partial charge in [-0.2, -0.15) is 0 Å². The molecule has 1 fully saturated rings. The van der Waals surface area contributed by atoms with E-state index in [-0.39, 0.29) is 5.41 Å². The second kappa shape index (κ2) is 6.81. The summed E-state index contributed by atoms with van der Waals surface area (Å²) in [5.41, 5.74) is 4.66. The van der Waals surface area contributed by atoms with Gasteiger partial charge < -0.3 is 9.15 Å². The third kappa shape index (κ3) is 3.38. The van der Waals surface area contributed by atoms with E-state index in [0.29, 0.717) is 23.4 Å². The Hall–Kier alpha value is -3.54. The molecule has 0 atom stereocenters. The first kappa shape index (κ1) is 17.6. The fourth-order valence-electron chi connectivity index (χ4n) is 3.59. The number of benzene rings is 2. The summed E-state index contributed by atoms with van der Waals surface area (Å²) >= 11 is 0. The summed E-state index contributed by atoms with van der Waals surface area (Å²) in [5, 5.41) is 15.9. The molecule has 0 bridgehead atoms. The van der Waals surface area contributed by atoms with Gasteiger partial charge >= 0.3 is 0 Å². The molecule has 0 spiro atoms. The summed E-state index contributed by atoms with van der Waals surface area (Å²) < 4.78 is 11.2. The lowest BCUT2D eigenvalue weighted by atomic mass is 9.88. The number of ether oxygens (including phenoxy) is 1. The number of hydrogen-bond acceptors (Lipinski definition) is 6. The normalized spacial score (nSPS) is 14.6. The van der Waals surface area contributed by atoms with Crippen LogP contribution in [0.4, 0.5) is 0 Å². The van der Waals surface area contributed by atoms with E-state index in [2.05, 4.69) is 63.7 Å². The molecule has 2 aromatic heterocycles. The minimum atomic E-state index is 0.149. The molecule has 1 aliphatic carbocycles. The molecule has 0 aliphatic heterocycles. The minimum absolute atomic E-state index is 0.149. The zero-order valence-corrected chi connectivity index (χ0v) is 16.3. The molecule has 2 heterocycles. The monoisotopic (exact) mass is 384 g/mol. The number of rotatable bonds is 5. The van der Waals surface area contributed by atoms with Gasteiger partial charge in [0, 0.05) is 18.4 Å². The highest BCUT2D eigenvalue weighted by molar-refractivity contribution is 5.48. The lowest BCUT2D eigenvalue weighted by Gasteiger charge is -2.17. The summed E-state index contributed by atoms with van der Waals surface area (Å²) in [7, 11) is 0. The van der Waals surface area contributed by atoms with E-state index in [0.717, 1.165) is 5.75 Å². The molecule has 6 nitrogen and oxygen atoms in total. The van der Waals surface area contributed by atoms with Crippen LogP contribution in [0, 0.1) is 13.8 Å². The van der Waals surface area contributed by atoms with Crippen LogP contribution in [0.5, 0.6) is 11.6 Å². The summed E-state index contributed by atoms with van der Waals surface area (Å²) in [5.74, 6) is 1.97. The van der Waals surface area contributed by atoms with Crippen LogP contribution in [0.3, 0.4) is 0 Å². The third-order valence-electron chi connectivity index (χ3n) is 5.37. The summed E-state index contributed by atoms with van der Waals surface area (Å²) in [6.07, 6.45) is 2.36. The number of hydrogen-bond donors (Lipinski definition) is 0. The fourth-order valence-corrected chi connectivity index (χ4v) is 3.59. The molecule has 0 radical (unpaired) electrons. The van der Waals surface area contributed by atoms with E-state index in [1.807, 2.05) is 12.1 Å². The lowest BCUT2D eigenvalue weighted by Crippen LogP contribution is -2.08. The van der Waals surface area contributed by atoms with Crippen LogP contribution in [-0.2, 0) is 5.41 Å². The Kier molecular flexibility index (Phi) is 4.12. The summed E-state index contributed by atoms with van der Waals surface area (Å²) in [4.78, 5) is 0. The minimum Gasteiger partial charge on any atom is -0.438 e. The third-order valence-corrected chi connectivity index (χ3v) is 5.37. The lowest BCUT2D eigenvalue weighted by molar-refractivity contribution is 0.454.